The number of allylic oxidation sites excluding steroid dienone is 2. The number of nitrogens with one attached hydrogen (secondary N) is 1. The Morgan fingerprint density at radius 1 is 0.882 bits per heavy atom. The first-order chi connectivity index (χ1) is 24.7. The zero-order valence-electron chi connectivity index (χ0n) is 31.4. The Morgan fingerprint density at radius 2 is 1.63 bits per heavy atom. The van der Waals surface area contributed by atoms with Crippen molar-refractivity contribution in [2.45, 2.75) is 91.9 Å². The molecule has 262 valence electrons. The van der Waals surface area contributed by atoms with Gasteiger partial charge in [-0.1, -0.05) is 87.0 Å². The molecule has 2 atom stereocenters. The van der Waals surface area contributed by atoms with Gasteiger partial charge in [0.1, 0.15) is 0 Å². The van der Waals surface area contributed by atoms with Crippen molar-refractivity contribution in [3.8, 4) is 45.7 Å². The fraction of sp³-hybridized carbons (Fsp3) is 0.375. The number of hydrogen-bond donors (Lipinski definition) is 1. The zero-order valence-corrected chi connectivity index (χ0v) is 31.4. The first-order valence-electron chi connectivity index (χ1n) is 19.2. The quantitative estimate of drug-likeness (QED) is 0.126. The summed E-state index contributed by atoms with van der Waals surface area (Å²) in [5, 5.41) is 3.59. The second-order valence-electron chi connectivity index (χ2n) is 15.7. The van der Waals surface area contributed by atoms with Gasteiger partial charge in [0, 0.05) is 56.6 Å². The van der Waals surface area contributed by atoms with Crippen LogP contribution in [0.2, 0.25) is 0 Å². The normalized spacial score (nSPS) is 17.9. The van der Waals surface area contributed by atoms with Crippen LogP contribution in [-0.4, -0.2) is 35.5 Å². The summed E-state index contributed by atoms with van der Waals surface area (Å²) >= 11 is 0. The van der Waals surface area contributed by atoms with Gasteiger partial charge in [0.05, 0.1) is 0 Å². The average molecular weight is 674 g/mol. The van der Waals surface area contributed by atoms with Crippen LogP contribution in [0.1, 0.15) is 84.9 Å². The van der Waals surface area contributed by atoms with Crippen LogP contribution in [0.4, 0.5) is 0 Å². The first-order valence-corrected chi connectivity index (χ1v) is 19.2. The Kier molecular flexibility index (Phi) is 10.4. The predicted octanol–water partition coefficient (Wildman–Crippen LogP) is 10.6. The van der Waals surface area contributed by atoms with Gasteiger partial charge >= 0.3 is 0 Å². The maximum absolute atomic E-state index is 6.16. The standard InChI is InChI=1S/C48H55N3/c1-8-32(3)16-17-33(4)27-51-28-43-26-42(23-37(9-2)48(43)31-51)46-15-11-14-45(36(46)7)39-13-10-12-38(24-39)41-22-34(5)47-30-50(21-20-40(47)25-41)29-44-19-18-35(6)49-44/h2,10-15,22-26,33,44,49H,3,6,8,16-21,27-31H2,1,4-5,7H3. The fourth-order valence-electron chi connectivity index (χ4n) is 8.75. The van der Waals surface area contributed by atoms with Crippen LogP contribution >= 0.6 is 0 Å². The monoisotopic (exact) mass is 673 g/mol. The van der Waals surface area contributed by atoms with Gasteiger partial charge in [-0.15, -0.1) is 6.42 Å². The highest BCUT2D eigenvalue weighted by Crippen LogP contribution is 2.38. The highest BCUT2D eigenvalue weighted by Gasteiger charge is 2.26. The van der Waals surface area contributed by atoms with Crippen molar-refractivity contribution in [1.82, 2.24) is 15.1 Å². The number of hydrogen-bond acceptors (Lipinski definition) is 3. The van der Waals surface area contributed by atoms with Crippen molar-refractivity contribution in [2.24, 2.45) is 5.92 Å². The molecule has 7 rings (SSSR count). The maximum Gasteiger partial charge on any atom is 0.0389 e. The Hall–Kier alpha value is -4.36. The molecule has 1 fully saturated rings. The summed E-state index contributed by atoms with van der Waals surface area (Å²) in [5.41, 5.74) is 19.6. The molecule has 0 radical (unpaired) electrons. The molecule has 0 amide bonds. The van der Waals surface area contributed by atoms with Gasteiger partial charge in [-0.3, -0.25) is 9.80 Å². The summed E-state index contributed by atoms with van der Waals surface area (Å²) < 4.78 is 0. The molecule has 1 saturated heterocycles. The lowest BCUT2D eigenvalue weighted by Gasteiger charge is -2.32. The molecule has 3 nitrogen and oxygen atoms in total. The van der Waals surface area contributed by atoms with Gasteiger partial charge in [-0.05, 0) is 143 Å². The lowest BCUT2D eigenvalue weighted by atomic mass is 9.88. The van der Waals surface area contributed by atoms with Crippen molar-refractivity contribution in [3.63, 3.8) is 0 Å². The second-order valence-corrected chi connectivity index (χ2v) is 15.7. The van der Waals surface area contributed by atoms with Crippen LogP contribution in [0.5, 0.6) is 0 Å². The van der Waals surface area contributed by atoms with Crippen LogP contribution in [0.25, 0.3) is 33.4 Å². The van der Waals surface area contributed by atoms with Crippen molar-refractivity contribution in [3.05, 3.63) is 130 Å². The zero-order chi connectivity index (χ0) is 35.6. The molecule has 3 heteroatoms. The summed E-state index contributed by atoms with van der Waals surface area (Å²) in [7, 11) is 0. The SMILES string of the molecule is C#Cc1cc(-c2cccc(-c3cccc(-c4cc(C)c5c(c4)CCN(CC4CCC(=C)N4)C5)c3)c2C)cc2c1CN(CC(C)CCC(=C)CC)C2. The Balaban J connectivity index is 1.10. The molecule has 3 aliphatic heterocycles. The number of terminal acetylenes is 1. The number of benzene rings is 4. The second kappa shape index (κ2) is 15.1. The van der Waals surface area contributed by atoms with Gasteiger partial charge in [0.25, 0.3) is 0 Å². The summed E-state index contributed by atoms with van der Waals surface area (Å²) in [5.74, 6) is 3.68. The van der Waals surface area contributed by atoms with Crippen molar-refractivity contribution >= 4 is 0 Å². The maximum atomic E-state index is 6.16. The molecule has 3 heterocycles. The lowest BCUT2D eigenvalue weighted by Crippen LogP contribution is -2.40. The van der Waals surface area contributed by atoms with E-state index in [-0.39, 0.29) is 0 Å². The van der Waals surface area contributed by atoms with Crippen molar-refractivity contribution in [2.75, 3.05) is 19.6 Å². The highest BCUT2D eigenvalue weighted by molar-refractivity contribution is 5.82. The van der Waals surface area contributed by atoms with E-state index < -0.39 is 0 Å². The average Bonchev–Trinajstić information content (AvgIpc) is 3.74. The van der Waals surface area contributed by atoms with Crippen LogP contribution in [0, 0.1) is 32.1 Å². The Labute approximate surface area is 307 Å². The van der Waals surface area contributed by atoms with Gasteiger partial charge in [-0.25, -0.2) is 0 Å². The van der Waals surface area contributed by atoms with Crippen LogP contribution < -0.4 is 5.32 Å². The topological polar surface area (TPSA) is 18.5 Å². The number of rotatable bonds is 11. The third kappa shape index (κ3) is 7.64. The minimum absolute atomic E-state index is 0.538. The van der Waals surface area contributed by atoms with E-state index in [1.54, 1.807) is 0 Å². The molecule has 0 spiro atoms. The Bertz CT molecular complexity index is 2010. The summed E-state index contributed by atoms with van der Waals surface area (Å²) in [6.07, 6.45) is 13.0. The molecule has 1 N–H and O–H groups in total. The smallest absolute Gasteiger partial charge is 0.0389 e. The van der Waals surface area contributed by atoms with Gasteiger partial charge < -0.3 is 5.32 Å². The molecule has 0 aromatic heterocycles. The minimum Gasteiger partial charge on any atom is -0.385 e. The first kappa shape index (κ1) is 35.1. The van der Waals surface area contributed by atoms with E-state index in [0.717, 1.165) is 70.5 Å². The molecular weight excluding hydrogens is 619 g/mol. The molecule has 0 saturated carbocycles. The highest BCUT2D eigenvalue weighted by atomic mass is 15.2. The third-order valence-corrected chi connectivity index (χ3v) is 11.8. The van der Waals surface area contributed by atoms with Crippen molar-refractivity contribution < 1.29 is 0 Å². The molecule has 4 aromatic rings. The molecule has 0 bridgehead atoms. The summed E-state index contributed by atoms with van der Waals surface area (Å²) in [4.78, 5) is 5.20. The summed E-state index contributed by atoms with van der Waals surface area (Å²) in [6, 6.07) is 25.9. The Morgan fingerprint density at radius 3 is 2.39 bits per heavy atom. The van der Waals surface area contributed by atoms with E-state index in [9.17, 15) is 0 Å². The van der Waals surface area contributed by atoms with Gasteiger partial charge in [0.15, 0.2) is 0 Å². The molecule has 4 aromatic carbocycles. The molecule has 0 aliphatic carbocycles. The lowest BCUT2D eigenvalue weighted by molar-refractivity contribution is 0.232. The van der Waals surface area contributed by atoms with E-state index >= 15 is 0 Å². The molecule has 2 unspecified atom stereocenters. The molecule has 51 heavy (non-hydrogen) atoms. The van der Waals surface area contributed by atoms with E-state index in [0.29, 0.717) is 12.0 Å². The largest absolute Gasteiger partial charge is 0.385 e. The van der Waals surface area contributed by atoms with Crippen LogP contribution in [0.15, 0.2) is 91.2 Å². The van der Waals surface area contributed by atoms with E-state index in [1.165, 1.54) is 90.9 Å². The molecular formula is C48H55N3. The van der Waals surface area contributed by atoms with Gasteiger partial charge in [0.2, 0.25) is 0 Å². The molecule has 3 aliphatic rings. The van der Waals surface area contributed by atoms with E-state index in [2.05, 4.69) is 129 Å². The number of fused-ring (bicyclic) bond motifs is 2. The van der Waals surface area contributed by atoms with Crippen LogP contribution in [-0.2, 0) is 26.1 Å². The number of aryl methyl sites for hydroxylation is 1. The third-order valence-electron chi connectivity index (χ3n) is 11.8. The number of nitrogens with zero attached hydrogens (tertiary/aromatic N) is 2. The van der Waals surface area contributed by atoms with E-state index in [4.69, 9.17) is 6.42 Å². The van der Waals surface area contributed by atoms with Crippen LogP contribution in [0.3, 0.4) is 0 Å². The van der Waals surface area contributed by atoms with Crippen molar-refractivity contribution in [1.29, 1.82) is 0 Å². The van der Waals surface area contributed by atoms with Gasteiger partial charge in [-0.2, -0.15) is 0 Å². The predicted molar refractivity (Wildman–Crippen MR) is 216 cm³/mol. The minimum atomic E-state index is 0.538. The van der Waals surface area contributed by atoms with E-state index in [1.807, 2.05) is 0 Å². The summed E-state index contributed by atoms with van der Waals surface area (Å²) in [6.45, 7) is 23.7. The fourth-order valence-corrected chi connectivity index (χ4v) is 8.75.